The van der Waals surface area contributed by atoms with Crippen LogP contribution in [-0.4, -0.2) is 44.3 Å². The van der Waals surface area contributed by atoms with E-state index in [1.54, 1.807) is 54.6 Å². The Bertz CT molecular complexity index is 1230. The minimum atomic E-state index is -0.932. The van der Waals surface area contributed by atoms with Gasteiger partial charge in [-0.2, -0.15) is 5.10 Å². The van der Waals surface area contributed by atoms with E-state index in [0.717, 1.165) is 6.42 Å². The summed E-state index contributed by atoms with van der Waals surface area (Å²) in [7, 11) is 1.46. The molecule has 0 saturated heterocycles. The number of nitrogens with zero attached hydrogens (tertiary/aromatic N) is 1. The Morgan fingerprint density at radius 1 is 0.838 bits per heavy atom. The number of nitrogens with one attached hydrogen (secondary N) is 3. The van der Waals surface area contributed by atoms with Crippen LogP contribution in [0.3, 0.4) is 0 Å². The van der Waals surface area contributed by atoms with Gasteiger partial charge in [-0.1, -0.05) is 25.1 Å². The zero-order valence-corrected chi connectivity index (χ0v) is 20.5. The standard InChI is InChI=1S/C27H28N4O6/c1-3-15-36-22-12-10-21(11-13-22)30-26(33)27(34)31-28-17-19-9-14-23(24(16-19)35-2)37-18-25(32)29-20-7-5-4-6-8-20/h4-14,16-17H,3,15,18H2,1-2H3,(H,29,32)(H,30,33)(H,31,34)/b28-17-. The average Bonchev–Trinajstić information content (AvgIpc) is 2.92. The number of ether oxygens (including phenoxy) is 3. The number of amides is 3. The zero-order valence-electron chi connectivity index (χ0n) is 20.5. The van der Waals surface area contributed by atoms with Gasteiger partial charge in [0.1, 0.15) is 5.75 Å². The van der Waals surface area contributed by atoms with Crippen molar-refractivity contribution in [2.24, 2.45) is 5.10 Å². The molecular weight excluding hydrogens is 476 g/mol. The molecule has 0 aliphatic rings. The lowest BCUT2D eigenvalue weighted by atomic mass is 10.2. The molecule has 10 heteroatoms. The third kappa shape index (κ3) is 8.70. The molecule has 0 bridgehead atoms. The van der Waals surface area contributed by atoms with Gasteiger partial charge >= 0.3 is 11.8 Å². The Labute approximate surface area is 214 Å². The molecule has 3 aromatic carbocycles. The van der Waals surface area contributed by atoms with E-state index in [1.807, 2.05) is 25.1 Å². The topological polar surface area (TPSA) is 127 Å². The maximum atomic E-state index is 12.1. The first-order valence-electron chi connectivity index (χ1n) is 11.5. The summed E-state index contributed by atoms with van der Waals surface area (Å²) in [6, 6.07) is 20.6. The molecule has 3 rings (SSSR count). The Morgan fingerprint density at radius 3 is 2.27 bits per heavy atom. The molecule has 0 unspecified atom stereocenters. The predicted octanol–water partition coefficient (Wildman–Crippen LogP) is 3.59. The van der Waals surface area contributed by atoms with Crippen molar-refractivity contribution in [1.29, 1.82) is 0 Å². The van der Waals surface area contributed by atoms with Gasteiger partial charge in [-0.15, -0.1) is 0 Å². The lowest BCUT2D eigenvalue weighted by Crippen LogP contribution is -2.32. The summed E-state index contributed by atoms with van der Waals surface area (Å²) in [4.78, 5) is 36.3. The first-order chi connectivity index (χ1) is 18.0. The van der Waals surface area contributed by atoms with E-state index < -0.39 is 11.8 Å². The van der Waals surface area contributed by atoms with Gasteiger partial charge in [0, 0.05) is 11.4 Å². The van der Waals surface area contributed by atoms with E-state index in [1.165, 1.54) is 13.3 Å². The third-order valence-corrected chi connectivity index (χ3v) is 4.77. The molecule has 0 fully saturated rings. The lowest BCUT2D eigenvalue weighted by molar-refractivity contribution is -0.136. The summed E-state index contributed by atoms with van der Waals surface area (Å²) in [6.07, 6.45) is 2.23. The number of hydrogen-bond donors (Lipinski definition) is 3. The molecule has 192 valence electrons. The van der Waals surface area contributed by atoms with E-state index in [9.17, 15) is 14.4 Å². The highest BCUT2D eigenvalue weighted by molar-refractivity contribution is 6.39. The average molecular weight is 505 g/mol. The van der Waals surface area contributed by atoms with Gasteiger partial charge in [0.05, 0.1) is 19.9 Å². The van der Waals surface area contributed by atoms with E-state index in [2.05, 4.69) is 21.2 Å². The zero-order chi connectivity index (χ0) is 26.5. The summed E-state index contributed by atoms with van der Waals surface area (Å²) < 4.78 is 16.4. The molecule has 0 atom stereocenters. The number of methoxy groups -OCH3 is 1. The predicted molar refractivity (Wildman–Crippen MR) is 140 cm³/mol. The molecule has 0 aliphatic heterocycles. The second kappa shape index (κ2) is 13.9. The molecule has 0 aromatic heterocycles. The largest absolute Gasteiger partial charge is 0.494 e. The first kappa shape index (κ1) is 26.7. The Hall–Kier alpha value is -4.86. The van der Waals surface area contributed by atoms with Crippen molar-refractivity contribution in [3.8, 4) is 17.2 Å². The Kier molecular flexibility index (Phi) is 10.0. The number of benzene rings is 3. The van der Waals surface area contributed by atoms with Crippen molar-refractivity contribution in [2.45, 2.75) is 13.3 Å². The molecular formula is C27H28N4O6. The van der Waals surface area contributed by atoms with Crippen molar-refractivity contribution >= 4 is 35.3 Å². The maximum absolute atomic E-state index is 12.1. The molecule has 3 N–H and O–H groups in total. The highest BCUT2D eigenvalue weighted by Crippen LogP contribution is 2.27. The highest BCUT2D eigenvalue weighted by Gasteiger charge is 2.13. The molecule has 3 amide bonds. The molecule has 0 aliphatic carbocycles. The quantitative estimate of drug-likeness (QED) is 0.208. The fourth-order valence-electron chi connectivity index (χ4n) is 3.00. The number of para-hydroxylation sites is 1. The summed E-state index contributed by atoms with van der Waals surface area (Å²) >= 11 is 0. The first-order valence-corrected chi connectivity index (χ1v) is 11.5. The smallest absolute Gasteiger partial charge is 0.329 e. The Balaban J connectivity index is 1.49. The van der Waals surface area contributed by atoms with Gasteiger partial charge in [0.15, 0.2) is 18.1 Å². The number of hydrogen-bond acceptors (Lipinski definition) is 7. The van der Waals surface area contributed by atoms with Crippen LogP contribution in [0.15, 0.2) is 77.9 Å². The van der Waals surface area contributed by atoms with Crippen LogP contribution in [0.1, 0.15) is 18.9 Å². The van der Waals surface area contributed by atoms with Crippen molar-refractivity contribution in [3.05, 3.63) is 78.4 Å². The molecule has 37 heavy (non-hydrogen) atoms. The van der Waals surface area contributed by atoms with Crippen LogP contribution in [0.5, 0.6) is 17.2 Å². The van der Waals surface area contributed by atoms with Gasteiger partial charge in [-0.05, 0) is 66.6 Å². The summed E-state index contributed by atoms with van der Waals surface area (Å²) in [5, 5.41) is 9.03. The minimum Gasteiger partial charge on any atom is -0.494 e. The number of carbonyl (C=O) groups excluding carboxylic acids is 3. The van der Waals surface area contributed by atoms with E-state index in [-0.39, 0.29) is 12.5 Å². The molecule has 0 radical (unpaired) electrons. The highest BCUT2D eigenvalue weighted by atomic mass is 16.5. The van der Waals surface area contributed by atoms with Crippen molar-refractivity contribution < 1.29 is 28.6 Å². The summed E-state index contributed by atoms with van der Waals surface area (Å²) in [5.41, 5.74) is 3.86. The fourth-order valence-corrected chi connectivity index (χ4v) is 3.00. The number of carbonyl (C=O) groups is 3. The van der Waals surface area contributed by atoms with Crippen LogP contribution in [-0.2, 0) is 14.4 Å². The van der Waals surface area contributed by atoms with Gasteiger partial charge in [-0.3, -0.25) is 14.4 Å². The van der Waals surface area contributed by atoms with Crippen molar-refractivity contribution in [2.75, 3.05) is 31.0 Å². The van der Waals surface area contributed by atoms with Crippen molar-refractivity contribution in [3.63, 3.8) is 0 Å². The Morgan fingerprint density at radius 2 is 1.57 bits per heavy atom. The normalized spacial score (nSPS) is 10.4. The molecule has 0 spiro atoms. The van der Waals surface area contributed by atoms with E-state index >= 15 is 0 Å². The van der Waals surface area contributed by atoms with Crippen LogP contribution in [0.4, 0.5) is 11.4 Å². The van der Waals surface area contributed by atoms with Gasteiger partial charge in [-0.25, -0.2) is 5.43 Å². The van der Waals surface area contributed by atoms with Crippen LogP contribution < -0.4 is 30.3 Å². The fraction of sp³-hybridized carbons (Fsp3) is 0.185. The van der Waals surface area contributed by atoms with Crippen LogP contribution in [0.2, 0.25) is 0 Å². The second-order valence-electron chi connectivity index (χ2n) is 7.64. The maximum Gasteiger partial charge on any atom is 0.329 e. The molecule has 10 nitrogen and oxygen atoms in total. The number of anilines is 2. The molecule has 3 aromatic rings. The SMILES string of the molecule is CCCOc1ccc(NC(=O)C(=O)N/N=C\c2ccc(OCC(=O)Nc3ccccc3)c(OC)c2)cc1. The second-order valence-corrected chi connectivity index (χ2v) is 7.64. The van der Waals surface area contributed by atoms with E-state index in [0.29, 0.717) is 40.8 Å². The third-order valence-electron chi connectivity index (χ3n) is 4.77. The van der Waals surface area contributed by atoms with Crippen LogP contribution >= 0.6 is 0 Å². The van der Waals surface area contributed by atoms with Crippen LogP contribution in [0, 0.1) is 0 Å². The molecule has 0 saturated carbocycles. The number of hydrazone groups is 1. The van der Waals surface area contributed by atoms with E-state index in [4.69, 9.17) is 14.2 Å². The monoisotopic (exact) mass is 504 g/mol. The van der Waals surface area contributed by atoms with Gasteiger partial charge in [0.25, 0.3) is 5.91 Å². The van der Waals surface area contributed by atoms with Gasteiger partial charge < -0.3 is 24.8 Å². The minimum absolute atomic E-state index is 0.210. The molecule has 0 heterocycles. The number of rotatable bonds is 11. The van der Waals surface area contributed by atoms with Gasteiger partial charge in [0.2, 0.25) is 0 Å². The van der Waals surface area contributed by atoms with Crippen LogP contribution in [0.25, 0.3) is 0 Å². The summed E-state index contributed by atoms with van der Waals surface area (Å²) in [6.45, 7) is 2.39. The lowest BCUT2D eigenvalue weighted by Gasteiger charge is -2.11. The summed E-state index contributed by atoms with van der Waals surface area (Å²) in [5.74, 6) is -0.713. The van der Waals surface area contributed by atoms with Crippen molar-refractivity contribution in [1.82, 2.24) is 5.43 Å².